The molecule has 4 heteroatoms. The Hall–Kier alpha value is -1.20. The zero-order chi connectivity index (χ0) is 21.9. The zero-order valence-corrected chi connectivity index (χ0v) is 19.0. The minimum atomic E-state index is -0.636. The quantitative estimate of drug-likeness (QED) is 0.418. The number of rotatable bonds is 7. The molecular formula is C26H40O4. The van der Waals surface area contributed by atoms with Gasteiger partial charge in [-0.3, -0.25) is 0 Å². The molecule has 0 aromatic heterocycles. The summed E-state index contributed by atoms with van der Waals surface area (Å²) in [6.45, 7) is 11.5. The van der Waals surface area contributed by atoms with E-state index in [2.05, 4.69) is 31.7 Å². The van der Waals surface area contributed by atoms with E-state index in [0.29, 0.717) is 32.0 Å². The highest BCUT2D eigenvalue weighted by Crippen LogP contribution is 2.54. The first-order valence-electron chi connectivity index (χ1n) is 11.5. The fourth-order valence-corrected chi connectivity index (χ4v) is 5.38. The molecule has 0 radical (unpaired) electrons. The van der Waals surface area contributed by atoms with Crippen molar-refractivity contribution in [3.05, 3.63) is 47.1 Å². The maximum absolute atomic E-state index is 10.1. The molecule has 0 bridgehead atoms. The van der Waals surface area contributed by atoms with Crippen LogP contribution in [0, 0.1) is 11.3 Å². The van der Waals surface area contributed by atoms with E-state index in [0.717, 1.165) is 36.8 Å². The highest BCUT2D eigenvalue weighted by Gasteiger charge is 2.44. The molecule has 0 heterocycles. The fourth-order valence-electron chi connectivity index (χ4n) is 5.38. The van der Waals surface area contributed by atoms with E-state index in [1.54, 1.807) is 0 Å². The molecule has 30 heavy (non-hydrogen) atoms. The van der Waals surface area contributed by atoms with E-state index in [-0.39, 0.29) is 5.41 Å². The van der Waals surface area contributed by atoms with Gasteiger partial charge in [0.15, 0.2) is 0 Å². The van der Waals surface area contributed by atoms with Crippen molar-refractivity contribution in [1.29, 1.82) is 0 Å². The van der Waals surface area contributed by atoms with Crippen molar-refractivity contribution in [1.82, 2.24) is 0 Å². The number of allylic oxidation sites excluding steroid dienone is 4. The Kier molecular flexibility index (Phi) is 7.44. The molecule has 3 N–H and O–H groups in total. The fraction of sp³-hybridized carbons (Fsp3) is 0.692. The molecule has 3 aliphatic carbocycles. The molecule has 4 nitrogen and oxygen atoms in total. The van der Waals surface area contributed by atoms with E-state index in [9.17, 15) is 15.3 Å². The summed E-state index contributed by atoms with van der Waals surface area (Å²) in [6.07, 6.45) is 12.7. The lowest BCUT2D eigenvalue weighted by atomic mass is 9.64. The first kappa shape index (κ1) is 23.5. The first-order valence-corrected chi connectivity index (χ1v) is 11.5. The van der Waals surface area contributed by atoms with E-state index < -0.39 is 17.8 Å². The Morgan fingerprint density at radius 1 is 1.30 bits per heavy atom. The average molecular weight is 417 g/mol. The van der Waals surface area contributed by atoms with Gasteiger partial charge in [0.05, 0.1) is 24.4 Å². The van der Waals surface area contributed by atoms with Crippen LogP contribution in [0.3, 0.4) is 0 Å². The molecule has 0 aromatic rings. The molecule has 0 unspecified atom stereocenters. The van der Waals surface area contributed by atoms with Crippen LogP contribution in [-0.4, -0.2) is 46.3 Å². The van der Waals surface area contributed by atoms with Crippen molar-refractivity contribution >= 4 is 0 Å². The van der Waals surface area contributed by atoms with E-state index in [1.807, 2.05) is 13.8 Å². The number of hydrogen-bond donors (Lipinski definition) is 3. The summed E-state index contributed by atoms with van der Waals surface area (Å²) in [6, 6.07) is 0. The summed E-state index contributed by atoms with van der Waals surface area (Å²) in [7, 11) is 0. The van der Waals surface area contributed by atoms with Crippen LogP contribution in [-0.2, 0) is 4.74 Å². The third-order valence-corrected chi connectivity index (χ3v) is 7.31. The van der Waals surface area contributed by atoms with Crippen LogP contribution in [0.15, 0.2) is 47.1 Å². The molecule has 0 amide bonds. The van der Waals surface area contributed by atoms with Crippen molar-refractivity contribution in [3.63, 3.8) is 0 Å². The van der Waals surface area contributed by atoms with Gasteiger partial charge < -0.3 is 20.1 Å². The van der Waals surface area contributed by atoms with Crippen LogP contribution >= 0.6 is 0 Å². The van der Waals surface area contributed by atoms with Gasteiger partial charge in [0.1, 0.15) is 0 Å². The number of ether oxygens (including phenoxy) is 1. The standard InChI is InChI=1S/C26H40O4/c1-18-20(15-22(27)16-24(18)28)9-8-19-7-5-13-26(4)21(10-11-23(19)26)17-30-14-6-12-25(2,3)29/h8-10,22-24,27-29H,1,5-7,11-17H2,2-4H3/b19-8+,20-9-/t22-,23+,24+,26-/m1/s1. The Morgan fingerprint density at radius 2 is 2.07 bits per heavy atom. The normalized spacial score (nSPS) is 35.1. The molecule has 0 saturated heterocycles. The second-order valence-electron chi connectivity index (χ2n) is 10.3. The largest absolute Gasteiger partial charge is 0.393 e. The number of hydrogen-bond acceptors (Lipinski definition) is 4. The predicted molar refractivity (Wildman–Crippen MR) is 121 cm³/mol. The average Bonchev–Trinajstić information content (AvgIpc) is 2.99. The molecule has 2 saturated carbocycles. The van der Waals surface area contributed by atoms with Crippen molar-refractivity contribution < 1.29 is 20.1 Å². The molecule has 3 rings (SSSR count). The van der Waals surface area contributed by atoms with Gasteiger partial charge in [-0.2, -0.15) is 0 Å². The molecule has 4 atom stereocenters. The van der Waals surface area contributed by atoms with Crippen molar-refractivity contribution in [2.45, 2.75) is 89.9 Å². The number of aliphatic hydroxyl groups excluding tert-OH is 2. The van der Waals surface area contributed by atoms with Crippen molar-refractivity contribution in [3.8, 4) is 0 Å². The maximum atomic E-state index is 10.1. The Labute approximate surface area is 182 Å². The minimum absolute atomic E-state index is 0.154. The first-order chi connectivity index (χ1) is 14.1. The van der Waals surface area contributed by atoms with Gasteiger partial charge in [0, 0.05) is 13.0 Å². The molecule has 0 spiro atoms. The maximum Gasteiger partial charge on any atom is 0.0811 e. The van der Waals surface area contributed by atoms with Crippen LogP contribution in [0.5, 0.6) is 0 Å². The van der Waals surface area contributed by atoms with Gasteiger partial charge in [0.25, 0.3) is 0 Å². The summed E-state index contributed by atoms with van der Waals surface area (Å²) in [5.41, 5.74) is 4.14. The number of aliphatic hydroxyl groups is 3. The van der Waals surface area contributed by atoms with Gasteiger partial charge >= 0.3 is 0 Å². The van der Waals surface area contributed by atoms with Crippen LogP contribution in [0.4, 0.5) is 0 Å². The smallest absolute Gasteiger partial charge is 0.0811 e. The van der Waals surface area contributed by atoms with Gasteiger partial charge in [-0.25, -0.2) is 0 Å². The highest BCUT2D eigenvalue weighted by molar-refractivity contribution is 5.40. The van der Waals surface area contributed by atoms with E-state index in [1.165, 1.54) is 24.0 Å². The Bertz CT molecular complexity index is 724. The number of fused-ring (bicyclic) bond motifs is 1. The third-order valence-electron chi connectivity index (χ3n) is 7.31. The van der Waals surface area contributed by atoms with Gasteiger partial charge in [-0.1, -0.05) is 37.3 Å². The lowest BCUT2D eigenvalue weighted by molar-refractivity contribution is 0.0528. The summed E-state index contributed by atoms with van der Waals surface area (Å²) < 4.78 is 5.98. The van der Waals surface area contributed by atoms with E-state index in [4.69, 9.17) is 4.74 Å². The molecule has 168 valence electrons. The zero-order valence-electron chi connectivity index (χ0n) is 19.0. The summed E-state index contributed by atoms with van der Waals surface area (Å²) in [4.78, 5) is 0. The summed E-state index contributed by atoms with van der Waals surface area (Å²) in [5.74, 6) is 0.504. The molecule has 0 aliphatic heterocycles. The SMILES string of the molecule is C=C1/C(=C\C=C2/CCC[C@]3(C)C(COCCCC(C)(C)O)=CC[C@@H]23)C[C@@H](O)C[C@@H]1O. The van der Waals surface area contributed by atoms with Crippen LogP contribution in [0.1, 0.15) is 72.1 Å². The molecule has 0 aromatic carbocycles. The second-order valence-corrected chi connectivity index (χ2v) is 10.3. The lowest BCUT2D eigenvalue weighted by Crippen LogP contribution is -2.32. The lowest BCUT2D eigenvalue weighted by Gasteiger charge is -2.41. The van der Waals surface area contributed by atoms with Crippen LogP contribution in [0.25, 0.3) is 0 Å². The van der Waals surface area contributed by atoms with Gasteiger partial charge in [0.2, 0.25) is 0 Å². The molecule has 3 aliphatic rings. The highest BCUT2D eigenvalue weighted by atomic mass is 16.5. The van der Waals surface area contributed by atoms with Gasteiger partial charge in [-0.15, -0.1) is 0 Å². The summed E-state index contributed by atoms with van der Waals surface area (Å²) in [5, 5.41) is 29.9. The third kappa shape index (κ3) is 5.53. The monoisotopic (exact) mass is 416 g/mol. The van der Waals surface area contributed by atoms with Crippen molar-refractivity contribution in [2.24, 2.45) is 11.3 Å². The Balaban J connectivity index is 1.61. The van der Waals surface area contributed by atoms with Crippen molar-refractivity contribution in [2.75, 3.05) is 13.2 Å². The van der Waals surface area contributed by atoms with Gasteiger partial charge in [-0.05, 0) is 86.8 Å². The Morgan fingerprint density at radius 3 is 2.80 bits per heavy atom. The predicted octanol–water partition coefficient (Wildman–Crippen LogP) is 4.62. The summed E-state index contributed by atoms with van der Waals surface area (Å²) >= 11 is 0. The molecule has 2 fully saturated rings. The topological polar surface area (TPSA) is 69.9 Å². The van der Waals surface area contributed by atoms with E-state index >= 15 is 0 Å². The minimum Gasteiger partial charge on any atom is -0.393 e. The second kappa shape index (κ2) is 9.52. The molecular weight excluding hydrogens is 376 g/mol. The van der Waals surface area contributed by atoms with Crippen LogP contribution < -0.4 is 0 Å². The van der Waals surface area contributed by atoms with Crippen LogP contribution in [0.2, 0.25) is 0 Å².